The van der Waals surface area contributed by atoms with Gasteiger partial charge in [0.05, 0.1) is 10.8 Å². The fraction of sp³-hybridized carbons (Fsp3) is 0.750. The number of carboxylic acid groups (broad SMARTS) is 2. The topological polar surface area (TPSA) is 74.6 Å². The summed E-state index contributed by atoms with van der Waals surface area (Å²) in [7, 11) is 0. The van der Waals surface area contributed by atoms with Gasteiger partial charge in [-0.1, -0.05) is 6.92 Å². The predicted molar refractivity (Wildman–Crippen MR) is 40.6 cm³/mol. The quantitative estimate of drug-likeness (QED) is 0.646. The molecule has 1 fully saturated rings. The van der Waals surface area contributed by atoms with Crippen LogP contribution >= 0.6 is 0 Å². The molecular formula is C8H12O4. The van der Waals surface area contributed by atoms with Gasteiger partial charge in [0, 0.05) is 0 Å². The maximum atomic E-state index is 10.8. The molecule has 3 atom stereocenters. The van der Waals surface area contributed by atoms with Crippen molar-refractivity contribution in [2.75, 3.05) is 0 Å². The van der Waals surface area contributed by atoms with Gasteiger partial charge in [-0.15, -0.1) is 0 Å². The van der Waals surface area contributed by atoms with Crippen molar-refractivity contribution in [2.45, 2.75) is 20.8 Å². The van der Waals surface area contributed by atoms with Crippen LogP contribution < -0.4 is 0 Å². The smallest absolute Gasteiger partial charge is 0.310 e. The molecule has 1 rings (SSSR count). The molecule has 0 saturated heterocycles. The monoisotopic (exact) mass is 172 g/mol. The minimum atomic E-state index is -1.10. The van der Waals surface area contributed by atoms with Crippen LogP contribution in [0.1, 0.15) is 20.8 Å². The van der Waals surface area contributed by atoms with E-state index in [1.165, 1.54) is 13.8 Å². The van der Waals surface area contributed by atoms with Gasteiger partial charge < -0.3 is 10.2 Å². The van der Waals surface area contributed by atoms with Crippen LogP contribution in [0.5, 0.6) is 0 Å². The van der Waals surface area contributed by atoms with Gasteiger partial charge >= 0.3 is 11.9 Å². The molecule has 1 unspecified atom stereocenters. The molecule has 0 aromatic heterocycles. The number of hydrogen-bond donors (Lipinski definition) is 2. The second-order valence-electron chi connectivity index (χ2n) is 3.74. The highest BCUT2D eigenvalue weighted by atomic mass is 16.4. The first-order chi connectivity index (χ1) is 5.29. The molecule has 0 heterocycles. The molecule has 0 aliphatic heterocycles. The van der Waals surface area contributed by atoms with E-state index >= 15 is 0 Å². The summed E-state index contributed by atoms with van der Waals surface area (Å²) < 4.78 is 0. The molecule has 4 nitrogen and oxygen atoms in total. The SMILES string of the molecule is CC1[C@](C)(C(=O)O)[C@]1(C)C(=O)O. The molecule has 12 heavy (non-hydrogen) atoms. The first kappa shape index (κ1) is 9.03. The summed E-state index contributed by atoms with van der Waals surface area (Å²) in [5.41, 5.74) is -2.20. The molecule has 0 aromatic carbocycles. The summed E-state index contributed by atoms with van der Waals surface area (Å²) in [6.07, 6.45) is 0. The first-order valence-corrected chi connectivity index (χ1v) is 3.76. The van der Waals surface area contributed by atoms with E-state index in [1.807, 2.05) is 0 Å². The van der Waals surface area contributed by atoms with Gasteiger partial charge in [0.15, 0.2) is 0 Å². The molecule has 1 aliphatic rings. The van der Waals surface area contributed by atoms with Crippen molar-refractivity contribution in [2.24, 2.45) is 16.7 Å². The van der Waals surface area contributed by atoms with Crippen LogP contribution in [0.3, 0.4) is 0 Å². The lowest BCUT2D eigenvalue weighted by Gasteiger charge is -2.08. The Balaban J connectivity index is 3.03. The highest BCUT2D eigenvalue weighted by Crippen LogP contribution is 2.68. The van der Waals surface area contributed by atoms with Gasteiger partial charge in [-0.05, 0) is 19.8 Å². The summed E-state index contributed by atoms with van der Waals surface area (Å²) in [6, 6.07) is 0. The van der Waals surface area contributed by atoms with Crippen molar-refractivity contribution in [1.82, 2.24) is 0 Å². The lowest BCUT2D eigenvalue weighted by atomic mass is 9.97. The molecule has 0 radical (unpaired) electrons. The number of aliphatic carboxylic acids is 2. The highest BCUT2D eigenvalue weighted by Gasteiger charge is 2.77. The molecule has 0 amide bonds. The van der Waals surface area contributed by atoms with Gasteiger partial charge in [-0.2, -0.15) is 0 Å². The summed E-state index contributed by atoms with van der Waals surface area (Å²) in [5.74, 6) is -2.36. The van der Waals surface area contributed by atoms with Crippen molar-refractivity contribution >= 4 is 11.9 Å². The Kier molecular flexibility index (Phi) is 1.50. The van der Waals surface area contributed by atoms with E-state index in [2.05, 4.69) is 0 Å². The zero-order chi connectivity index (χ0) is 9.73. The third kappa shape index (κ3) is 0.629. The number of carbonyl (C=O) groups is 2. The summed E-state index contributed by atoms with van der Waals surface area (Å²) in [4.78, 5) is 21.5. The van der Waals surface area contributed by atoms with Crippen LogP contribution in [0.15, 0.2) is 0 Å². The zero-order valence-electron chi connectivity index (χ0n) is 7.29. The van der Waals surface area contributed by atoms with Crippen molar-refractivity contribution in [1.29, 1.82) is 0 Å². The average molecular weight is 172 g/mol. The standard InChI is InChI=1S/C8H12O4/c1-4-7(2,5(9)10)8(4,3)6(11)12/h4H,1-3H3,(H,9,10)(H,11,12)/t4?,7-,8+. The van der Waals surface area contributed by atoms with Gasteiger partial charge in [-0.25, -0.2) is 0 Å². The minimum absolute atomic E-state index is 0.306. The molecule has 2 N–H and O–H groups in total. The van der Waals surface area contributed by atoms with E-state index in [9.17, 15) is 9.59 Å². The van der Waals surface area contributed by atoms with Gasteiger partial charge in [-0.3, -0.25) is 9.59 Å². The Morgan fingerprint density at radius 2 is 1.33 bits per heavy atom. The van der Waals surface area contributed by atoms with E-state index in [0.717, 1.165) is 0 Å². The average Bonchev–Trinajstić information content (AvgIpc) is 2.39. The summed E-state index contributed by atoms with van der Waals surface area (Å²) >= 11 is 0. The predicted octanol–water partition coefficient (Wildman–Crippen LogP) is 0.818. The van der Waals surface area contributed by atoms with Crippen molar-refractivity contribution in [3.63, 3.8) is 0 Å². The Hall–Kier alpha value is -1.06. The fourth-order valence-electron chi connectivity index (χ4n) is 1.87. The Bertz CT molecular complexity index is 234. The van der Waals surface area contributed by atoms with Gasteiger partial charge in [0.2, 0.25) is 0 Å². The van der Waals surface area contributed by atoms with E-state index in [4.69, 9.17) is 10.2 Å². The summed E-state index contributed by atoms with van der Waals surface area (Å²) in [6.45, 7) is 4.62. The second-order valence-corrected chi connectivity index (χ2v) is 3.74. The molecule has 4 heteroatoms. The van der Waals surface area contributed by atoms with Gasteiger partial charge in [0.25, 0.3) is 0 Å². The minimum Gasteiger partial charge on any atom is -0.481 e. The maximum Gasteiger partial charge on any atom is 0.310 e. The normalized spacial score (nSPS) is 45.4. The first-order valence-electron chi connectivity index (χ1n) is 3.76. The van der Waals surface area contributed by atoms with E-state index in [0.29, 0.717) is 0 Å². The Morgan fingerprint density at radius 3 is 1.42 bits per heavy atom. The second kappa shape index (κ2) is 2.00. The van der Waals surface area contributed by atoms with Crippen LogP contribution in [0, 0.1) is 16.7 Å². The number of hydrogen-bond acceptors (Lipinski definition) is 2. The van der Waals surface area contributed by atoms with Crippen LogP contribution in [0.25, 0.3) is 0 Å². The molecular weight excluding hydrogens is 160 g/mol. The van der Waals surface area contributed by atoms with Crippen molar-refractivity contribution < 1.29 is 19.8 Å². The van der Waals surface area contributed by atoms with Crippen LogP contribution in [-0.2, 0) is 9.59 Å². The number of rotatable bonds is 2. The van der Waals surface area contributed by atoms with Crippen LogP contribution in [0.4, 0.5) is 0 Å². The molecule has 0 bridgehead atoms. The van der Waals surface area contributed by atoms with Crippen molar-refractivity contribution in [3.8, 4) is 0 Å². The Morgan fingerprint density at radius 1 is 1.08 bits per heavy atom. The van der Waals surface area contributed by atoms with E-state index in [-0.39, 0.29) is 5.92 Å². The van der Waals surface area contributed by atoms with Crippen molar-refractivity contribution in [3.05, 3.63) is 0 Å². The van der Waals surface area contributed by atoms with Gasteiger partial charge in [0.1, 0.15) is 0 Å². The number of carboxylic acids is 2. The zero-order valence-corrected chi connectivity index (χ0v) is 7.29. The molecule has 68 valence electrons. The van der Waals surface area contributed by atoms with Crippen LogP contribution in [0.2, 0.25) is 0 Å². The third-order valence-corrected chi connectivity index (χ3v) is 3.62. The maximum absolute atomic E-state index is 10.8. The van der Waals surface area contributed by atoms with E-state index < -0.39 is 22.8 Å². The molecule has 1 aliphatic carbocycles. The largest absolute Gasteiger partial charge is 0.481 e. The summed E-state index contributed by atoms with van der Waals surface area (Å²) in [5, 5.41) is 17.6. The fourth-order valence-corrected chi connectivity index (χ4v) is 1.87. The Labute approximate surface area is 70.2 Å². The third-order valence-electron chi connectivity index (χ3n) is 3.62. The lowest BCUT2D eigenvalue weighted by molar-refractivity contribution is -0.152. The van der Waals surface area contributed by atoms with E-state index in [1.54, 1.807) is 6.92 Å². The van der Waals surface area contributed by atoms with Crippen LogP contribution in [-0.4, -0.2) is 22.2 Å². The molecule has 1 saturated carbocycles. The lowest BCUT2D eigenvalue weighted by Crippen LogP contribution is -2.24. The molecule has 0 spiro atoms. The highest BCUT2D eigenvalue weighted by molar-refractivity contribution is 5.93. The molecule has 0 aromatic rings.